The summed E-state index contributed by atoms with van der Waals surface area (Å²) in [7, 11) is 0. The van der Waals surface area contributed by atoms with Crippen molar-refractivity contribution in [3.63, 3.8) is 0 Å². The monoisotopic (exact) mass is 325 g/mol. The van der Waals surface area contributed by atoms with Crippen molar-refractivity contribution in [3.8, 4) is 5.75 Å². The molecule has 1 aromatic carbocycles. The summed E-state index contributed by atoms with van der Waals surface area (Å²) in [5, 5.41) is 7.83. The second-order valence-corrected chi connectivity index (χ2v) is 6.52. The lowest BCUT2D eigenvalue weighted by atomic mass is 10.0. The smallest absolute Gasteiger partial charge is 0.345 e. The van der Waals surface area contributed by atoms with Gasteiger partial charge in [0.05, 0.1) is 12.2 Å². The number of cyclic esters (lactones) is 1. The van der Waals surface area contributed by atoms with Crippen LogP contribution in [0.15, 0.2) is 24.9 Å². The molecule has 0 bridgehead atoms. The van der Waals surface area contributed by atoms with E-state index in [1.807, 2.05) is 23.0 Å². The molecular formula is C18H19N3O3. The molecule has 0 aliphatic carbocycles. The number of aromatic nitrogens is 2. The second-order valence-electron chi connectivity index (χ2n) is 6.52. The molecule has 2 aromatic rings. The van der Waals surface area contributed by atoms with Crippen LogP contribution in [0.1, 0.15) is 46.6 Å². The maximum Gasteiger partial charge on any atom is 0.345 e. The van der Waals surface area contributed by atoms with Gasteiger partial charge in [0.2, 0.25) is 5.79 Å². The topological polar surface area (TPSA) is 65.4 Å². The Morgan fingerprint density at radius 1 is 1.38 bits per heavy atom. The van der Waals surface area contributed by atoms with Crippen LogP contribution >= 0.6 is 0 Å². The fraction of sp³-hybridized carbons (Fsp3) is 0.333. The van der Waals surface area contributed by atoms with Gasteiger partial charge in [-0.25, -0.2) is 4.79 Å². The Labute approximate surface area is 140 Å². The summed E-state index contributed by atoms with van der Waals surface area (Å²) < 4.78 is 13.2. The fourth-order valence-electron chi connectivity index (χ4n) is 3.18. The van der Waals surface area contributed by atoms with E-state index in [1.54, 1.807) is 19.9 Å². The molecule has 0 saturated carbocycles. The zero-order valence-electron chi connectivity index (χ0n) is 13.8. The van der Waals surface area contributed by atoms with Crippen LogP contribution in [0.3, 0.4) is 0 Å². The van der Waals surface area contributed by atoms with Gasteiger partial charge in [-0.05, 0) is 5.56 Å². The van der Waals surface area contributed by atoms with Crippen LogP contribution in [0.2, 0.25) is 0 Å². The molecule has 0 atom stereocenters. The third-order valence-electron chi connectivity index (χ3n) is 4.25. The predicted octanol–water partition coefficient (Wildman–Crippen LogP) is 2.46. The molecule has 4 rings (SSSR count). The van der Waals surface area contributed by atoms with Gasteiger partial charge in [-0.1, -0.05) is 24.8 Å². The molecule has 0 spiro atoms. The maximum absolute atomic E-state index is 12.5. The predicted molar refractivity (Wildman–Crippen MR) is 88.5 cm³/mol. The molecule has 6 heteroatoms. The fourth-order valence-corrected chi connectivity index (χ4v) is 3.18. The number of ether oxygens (including phenoxy) is 2. The number of hydrogen-bond acceptors (Lipinski definition) is 5. The van der Waals surface area contributed by atoms with Crippen molar-refractivity contribution in [3.05, 3.63) is 52.9 Å². The molecule has 124 valence electrons. The van der Waals surface area contributed by atoms with E-state index in [1.165, 1.54) is 5.56 Å². The highest BCUT2D eigenvalue weighted by molar-refractivity contribution is 5.96. The van der Waals surface area contributed by atoms with E-state index in [-0.39, 0.29) is 5.97 Å². The molecule has 24 heavy (non-hydrogen) atoms. The first kappa shape index (κ1) is 15.0. The zero-order chi connectivity index (χ0) is 16.9. The lowest BCUT2D eigenvalue weighted by Crippen LogP contribution is -2.39. The van der Waals surface area contributed by atoms with Crippen LogP contribution in [-0.4, -0.2) is 21.5 Å². The van der Waals surface area contributed by atoms with E-state index in [4.69, 9.17) is 9.47 Å². The van der Waals surface area contributed by atoms with E-state index in [0.29, 0.717) is 17.9 Å². The molecule has 3 heterocycles. The minimum Gasteiger partial charge on any atom is -0.451 e. The lowest BCUT2D eigenvalue weighted by Gasteiger charge is -2.33. The number of carbonyl (C=O) groups excluding carboxylic acids is 1. The van der Waals surface area contributed by atoms with E-state index in [0.717, 1.165) is 29.9 Å². The first-order valence-electron chi connectivity index (χ1n) is 7.93. The number of esters is 1. The summed E-state index contributed by atoms with van der Waals surface area (Å²) in [5.74, 6) is -0.828. The highest BCUT2D eigenvalue weighted by atomic mass is 16.7. The molecule has 0 radical (unpaired) electrons. The van der Waals surface area contributed by atoms with Crippen molar-refractivity contribution in [2.24, 2.45) is 0 Å². The molecule has 0 saturated heterocycles. The highest BCUT2D eigenvalue weighted by Crippen LogP contribution is 2.37. The van der Waals surface area contributed by atoms with E-state index in [2.05, 4.69) is 17.0 Å². The molecule has 1 N–H and O–H groups in total. The summed E-state index contributed by atoms with van der Waals surface area (Å²) in [4.78, 5) is 12.5. The highest BCUT2D eigenvalue weighted by Gasteiger charge is 2.36. The van der Waals surface area contributed by atoms with Gasteiger partial charge < -0.3 is 14.8 Å². The zero-order valence-corrected chi connectivity index (χ0v) is 13.8. The summed E-state index contributed by atoms with van der Waals surface area (Å²) >= 11 is 0. The number of nitrogens with zero attached hydrogens (tertiary/aromatic N) is 2. The number of fused-ring (bicyclic) bond motifs is 2. The first-order valence-corrected chi connectivity index (χ1v) is 7.93. The van der Waals surface area contributed by atoms with Crippen LogP contribution in [0, 0.1) is 0 Å². The molecule has 6 nitrogen and oxygen atoms in total. The summed E-state index contributed by atoms with van der Waals surface area (Å²) in [5.41, 5.74) is 4.33. The first-order chi connectivity index (χ1) is 11.5. The quantitative estimate of drug-likeness (QED) is 0.878. The van der Waals surface area contributed by atoms with Crippen molar-refractivity contribution in [2.45, 2.75) is 39.3 Å². The van der Waals surface area contributed by atoms with Gasteiger partial charge in [0.25, 0.3) is 0 Å². The Morgan fingerprint density at radius 3 is 2.96 bits per heavy atom. The maximum atomic E-state index is 12.5. The SMILES string of the molecule is C=Cc1ccc(Cn2cc3c(n2)CNC3)c2c1OC(C)(C)OC2=O. The van der Waals surface area contributed by atoms with Crippen LogP contribution in [0.25, 0.3) is 6.08 Å². The van der Waals surface area contributed by atoms with E-state index in [9.17, 15) is 4.79 Å². The molecule has 2 aliphatic rings. The van der Waals surface area contributed by atoms with E-state index < -0.39 is 5.79 Å². The number of rotatable bonds is 3. The molecule has 0 amide bonds. The Bertz CT molecular complexity index is 830. The van der Waals surface area contributed by atoms with Gasteiger partial charge in [-0.15, -0.1) is 0 Å². The summed E-state index contributed by atoms with van der Waals surface area (Å²) in [6, 6.07) is 3.82. The van der Waals surface area contributed by atoms with Gasteiger partial charge in [0.1, 0.15) is 11.3 Å². The Kier molecular flexibility index (Phi) is 3.25. The van der Waals surface area contributed by atoms with E-state index >= 15 is 0 Å². The number of nitrogens with one attached hydrogen (secondary N) is 1. The van der Waals surface area contributed by atoms with Gasteiger partial charge in [0, 0.05) is 44.3 Å². The molecule has 0 fully saturated rings. The van der Waals surface area contributed by atoms with Crippen molar-refractivity contribution in [1.29, 1.82) is 0 Å². The third-order valence-corrected chi connectivity index (χ3v) is 4.25. The number of carbonyl (C=O) groups is 1. The van der Waals surface area contributed by atoms with Gasteiger partial charge in [-0.3, -0.25) is 4.68 Å². The van der Waals surface area contributed by atoms with Crippen LogP contribution in [0.5, 0.6) is 5.75 Å². The Balaban J connectivity index is 1.76. The van der Waals surface area contributed by atoms with Gasteiger partial charge in [-0.2, -0.15) is 5.10 Å². The van der Waals surface area contributed by atoms with Crippen LogP contribution < -0.4 is 10.1 Å². The lowest BCUT2D eigenvalue weighted by molar-refractivity contribution is -0.127. The number of benzene rings is 1. The Morgan fingerprint density at radius 2 is 2.21 bits per heavy atom. The largest absolute Gasteiger partial charge is 0.451 e. The second kappa shape index (κ2) is 5.21. The van der Waals surface area contributed by atoms with Crippen LogP contribution in [0.4, 0.5) is 0 Å². The normalized spacial score (nSPS) is 17.7. The minimum absolute atomic E-state index is 0.374. The summed E-state index contributed by atoms with van der Waals surface area (Å²) in [6.07, 6.45) is 3.70. The van der Waals surface area contributed by atoms with Crippen molar-refractivity contribution < 1.29 is 14.3 Å². The van der Waals surface area contributed by atoms with Crippen molar-refractivity contribution >= 4 is 12.0 Å². The number of hydrogen-bond donors (Lipinski definition) is 1. The minimum atomic E-state index is -0.987. The molecule has 1 aromatic heterocycles. The van der Waals surface area contributed by atoms with Crippen molar-refractivity contribution in [1.82, 2.24) is 15.1 Å². The molecular weight excluding hydrogens is 306 g/mol. The standard InChI is InChI=1S/C18H19N3O3/c1-4-11-5-6-12(9-21-10-13-7-19-8-14(13)20-21)15-16(11)23-18(2,3)24-17(15)22/h4-6,10,19H,1,7-9H2,2-3H3. The van der Waals surface area contributed by atoms with Crippen molar-refractivity contribution in [2.75, 3.05) is 0 Å². The molecule has 0 unspecified atom stereocenters. The average Bonchev–Trinajstić information content (AvgIpc) is 3.07. The Hall–Kier alpha value is -2.60. The van der Waals surface area contributed by atoms with Crippen LogP contribution in [-0.2, 0) is 24.4 Å². The average molecular weight is 325 g/mol. The van der Waals surface area contributed by atoms with Gasteiger partial charge >= 0.3 is 5.97 Å². The third kappa shape index (κ3) is 2.39. The van der Waals surface area contributed by atoms with Gasteiger partial charge in [0.15, 0.2) is 0 Å². The summed E-state index contributed by atoms with van der Waals surface area (Å²) in [6.45, 7) is 9.36. The molecule has 2 aliphatic heterocycles.